The highest BCUT2D eigenvalue weighted by Crippen LogP contribution is 2.36. The second-order valence-corrected chi connectivity index (χ2v) is 9.04. The highest BCUT2D eigenvalue weighted by molar-refractivity contribution is 8.18. The van der Waals surface area contributed by atoms with Gasteiger partial charge in [-0.2, -0.15) is 0 Å². The highest BCUT2D eigenvalue weighted by atomic mass is 32.2. The minimum Gasteiger partial charge on any atom is -0.318 e. The van der Waals surface area contributed by atoms with Crippen LogP contribution >= 0.6 is 11.8 Å². The van der Waals surface area contributed by atoms with Crippen molar-refractivity contribution in [3.05, 3.63) is 102 Å². The molecular formula is C24H20N4O6S. The maximum absolute atomic E-state index is 13.0. The Labute approximate surface area is 204 Å². The van der Waals surface area contributed by atoms with Crippen LogP contribution in [0.25, 0.3) is 11.8 Å². The molecular weight excluding hydrogens is 472 g/mol. The lowest BCUT2D eigenvalue weighted by molar-refractivity contribution is -0.385. The number of carbonyl (C=O) groups is 2. The first-order valence-corrected chi connectivity index (χ1v) is 11.3. The molecule has 1 fully saturated rings. The van der Waals surface area contributed by atoms with Crippen LogP contribution in [0.3, 0.4) is 0 Å². The summed E-state index contributed by atoms with van der Waals surface area (Å²) in [7, 11) is 0. The van der Waals surface area contributed by atoms with Crippen molar-refractivity contribution in [2.75, 3.05) is 0 Å². The predicted molar refractivity (Wildman–Crippen MR) is 131 cm³/mol. The molecule has 3 aromatic rings. The highest BCUT2D eigenvalue weighted by Gasteiger charge is 2.36. The first-order chi connectivity index (χ1) is 16.6. The second kappa shape index (κ2) is 9.18. The Bertz CT molecular complexity index is 1440. The molecule has 10 nitrogen and oxygen atoms in total. The fourth-order valence-electron chi connectivity index (χ4n) is 4.08. The topological polar surface area (TPSA) is 129 Å². The molecule has 35 heavy (non-hydrogen) atoms. The van der Waals surface area contributed by atoms with Gasteiger partial charge in [0, 0.05) is 40.8 Å². The van der Waals surface area contributed by atoms with E-state index in [-0.39, 0.29) is 28.4 Å². The van der Waals surface area contributed by atoms with Crippen molar-refractivity contribution in [3.8, 4) is 5.69 Å². The third-order valence-electron chi connectivity index (χ3n) is 5.78. The normalized spacial score (nSPS) is 14.7. The van der Waals surface area contributed by atoms with Crippen molar-refractivity contribution in [2.45, 2.75) is 27.3 Å². The van der Waals surface area contributed by atoms with Crippen LogP contribution in [0, 0.1) is 41.0 Å². The van der Waals surface area contributed by atoms with Crippen LogP contribution in [0.2, 0.25) is 0 Å². The Morgan fingerprint density at radius 3 is 2.34 bits per heavy atom. The largest absolute Gasteiger partial charge is 0.318 e. The van der Waals surface area contributed by atoms with E-state index in [2.05, 4.69) is 0 Å². The summed E-state index contributed by atoms with van der Waals surface area (Å²) in [6.07, 6.45) is 1.63. The molecule has 1 saturated heterocycles. The summed E-state index contributed by atoms with van der Waals surface area (Å²) >= 11 is 0.783. The standard InChI is InChI=1S/C24H20N4O6S/c1-14-10-19(27(31)32)8-9-20(14)26-15(2)11-18(16(26)3)12-22-23(29)25(24(30)35-22)13-17-6-4-5-7-21(17)28(33)34/h4-12H,13H2,1-3H3/b22-12-. The van der Waals surface area contributed by atoms with Crippen molar-refractivity contribution in [1.82, 2.24) is 9.47 Å². The molecule has 0 unspecified atom stereocenters. The molecule has 1 aromatic heterocycles. The van der Waals surface area contributed by atoms with E-state index in [0.717, 1.165) is 44.9 Å². The van der Waals surface area contributed by atoms with E-state index in [9.17, 15) is 29.8 Å². The lowest BCUT2D eigenvalue weighted by Crippen LogP contribution is -2.27. The average molecular weight is 493 g/mol. The van der Waals surface area contributed by atoms with Crippen molar-refractivity contribution >= 4 is 40.4 Å². The molecule has 2 heterocycles. The monoisotopic (exact) mass is 492 g/mol. The number of amides is 2. The summed E-state index contributed by atoms with van der Waals surface area (Å²) < 4.78 is 1.93. The number of hydrogen-bond donors (Lipinski definition) is 0. The maximum atomic E-state index is 13.0. The van der Waals surface area contributed by atoms with E-state index in [1.54, 1.807) is 25.1 Å². The van der Waals surface area contributed by atoms with Gasteiger partial charge in [-0.3, -0.25) is 34.7 Å². The molecule has 2 amide bonds. The minimum atomic E-state index is -0.542. The zero-order valence-electron chi connectivity index (χ0n) is 19.0. The number of thioether (sulfide) groups is 1. The Kier molecular flexibility index (Phi) is 6.27. The summed E-state index contributed by atoms with van der Waals surface area (Å²) in [6.45, 7) is 5.33. The van der Waals surface area contributed by atoms with E-state index in [4.69, 9.17) is 0 Å². The summed E-state index contributed by atoms with van der Waals surface area (Å²) in [5.41, 5.74) is 3.98. The zero-order chi connectivity index (χ0) is 25.4. The number of nitro groups is 2. The molecule has 11 heteroatoms. The predicted octanol–water partition coefficient (Wildman–Crippen LogP) is 5.46. The van der Waals surface area contributed by atoms with Crippen LogP contribution in [0.5, 0.6) is 0 Å². The van der Waals surface area contributed by atoms with Crippen molar-refractivity contribution in [2.24, 2.45) is 0 Å². The molecule has 0 bridgehead atoms. The molecule has 0 radical (unpaired) electrons. The quantitative estimate of drug-likeness (QED) is 0.254. The average Bonchev–Trinajstić information content (AvgIpc) is 3.23. The molecule has 4 rings (SSSR count). The van der Waals surface area contributed by atoms with Gasteiger partial charge in [0.25, 0.3) is 22.5 Å². The van der Waals surface area contributed by atoms with Gasteiger partial charge in [-0.1, -0.05) is 18.2 Å². The zero-order valence-corrected chi connectivity index (χ0v) is 19.9. The number of hydrogen-bond acceptors (Lipinski definition) is 7. The number of para-hydroxylation sites is 1. The SMILES string of the molecule is Cc1cc([N+](=O)[O-])ccc1-n1c(C)cc(/C=C2\SC(=O)N(Cc3ccccc3[N+](=O)[O-])C2=O)c1C. The maximum Gasteiger partial charge on any atom is 0.293 e. The number of benzene rings is 2. The molecule has 178 valence electrons. The van der Waals surface area contributed by atoms with E-state index >= 15 is 0 Å². The smallest absolute Gasteiger partial charge is 0.293 e. The van der Waals surface area contributed by atoms with Gasteiger partial charge in [-0.05, 0) is 61.9 Å². The number of rotatable bonds is 6. The first kappa shape index (κ1) is 23.9. The molecule has 0 saturated carbocycles. The number of aryl methyl sites for hydroxylation is 2. The molecule has 0 N–H and O–H groups in total. The van der Waals surface area contributed by atoms with Gasteiger partial charge in [0.15, 0.2) is 0 Å². The number of carbonyl (C=O) groups excluding carboxylic acids is 2. The Balaban J connectivity index is 1.65. The van der Waals surface area contributed by atoms with Gasteiger partial charge in [0.05, 0.1) is 21.3 Å². The summed E-state index contributed by atoms with van der Waals surface area (Å²) in [4.78, 5) is 48.2. The van der Waals surface area contributed by atoms with Crippen LogP contribution in [-0.2, 0) is 11.3 Å². The summed E-state index contributed by atoms with van der Waals surface area (Å²) in [5.74, 6) is -0.519. The van der Waals surface area contributed by atoms with E-state index in [1.807, 2.05) is 24.5 Å². The van der Waals surface area contributed by atoms with Crippen LogP contribution in [-0.4, -0.2) is 30.5 Å². The summed E-state index contributed by atoms with van der Waals surface area (Å²) in [6, 6.07) is 12.5. The third kappa shape index (κ3) is 4.45. The molecule has 1 aliphatic heterocycles. The lowest BCUT2D eigenvalue weighted by Gasteiger charge is -2.13. The fourth-order valence-corrected chi connectivity index (χ4v) is 4.91. The van der Waals surface area contributed by atoms with Gasteiger partial charge >= 0.3 is 0 Å². The van der Waals surface area contributed by atoms with Crippen LogP contribution in [0.15, 0.2) is 53.4 Å². The number of non-ortho nitro benzene ring substituents is 1. The number of nitrogens with zero attached hydrogens (tertiary/aromatic N) is 4. The van der Waals surface area contributed by atoms with Crippen molar-refractivity contribution in [3.63, 3.8) is 0 Å². The van der Waals surface area contributed by atoms with Crippen molar-refractivity contribution in [1.29, 1.82) is 0 Å². The van der Waals surface area contributed by atoms with Crippen LogP contribution < -0.4 is 0 Å². The Morgan fingerprint density at radius 2 is 1.69 bits per heavy atom. The number of imide groups is 1. The van der Waals surface area contributed by atoms with Crippen LogP contribution in [0.1, 0.15) is 28.1 Å². The molecule has 0 atom stereocenters. The van der Waals surface area contributed by atoms with Gasteiger partial charge in [-0.25, -0.2) is 0 Å². The van der Waals surface area contributed by atoms with E-state index < -0.39 is 21.0 Å². The van der Waals surface area contributed by atoms with Crippen LogP contribution in [0.4, 0.5) is 16.2 Å². The number of aromatic nitrogens is 1. The van der Waals surface area contributed by atoms with Gasteiger partial charge in [0.1, 0.15) is 0 Å². The molecule has 0 aliphatic carbocycles. The summed E-state index contributed by atoms with van der Waals surface area (Å²) in [5, 5.41) is 21.9. The van der Waals surface area contributed by atoms with Crippen molar-refractivity contribution < 1.29 is 19.4 Å². The van der Waals surface area contributed by atoms with E-state index in [1.165, 1.54) is 30.3 Å². The minimum absolute atomic E-state index is 0.00117. The Morgan fingerprint density at radius 1 is 0.971 bits per heavy atom. The fraction of sp³-hybridized carbons (Fsp3) is 0.167. The molecule has 0 spiro atoms. The number of nitro benzene ring substituents is 2. The van der Waals surface area contributed by atoms with Gasteiger partial charge in [0.2, 0.25) is 0 Å². The molecule has 2 aromatic carbocycles. The third-order valence-corrected chi connectivity index (χ3v) is 6.69. The first-order valence-electron chi connectivity index (χ1n) is 10.5. The lowest BCUT2D eigenvalue weighted by atomic mass is 10.1. The molecule has 1 aliphatic rings. The Hall–Kier alpha value is -4.25. The second-order valence-electron chi connectivity index (χ2n) is 8.04. The van der Waals surface area contributed by atoms with E-state index in [0.29, 0.717) is 0 Å². The van der Waals surface area contributed by atoms with Gasteiger partial charge < -0.3 is 4.57 Å². The van der Waals surface area contributed by atoms with Gasteiger partial charge in [-0.15, -0.1) is 0 Å².